The van der Waals surface area contributed by atoms with Crippen LogP contribution in [0, 0.1) is 0 Å². The summed E-state index contributed by atoms with van der Waals surface area (Å²) >= 11 is 0. The van der Waals surface area contributed by atoms with Crippen molar-refractivity contribution in [2.45, 2.75) is 51.9 Å². The molecule has 0 saturated carbocycles. The Balaban J connectivity index is 1.94. The zero-order valence-electron chi connectivity index (χ0n) is 18.1. The average molecular weight is 422 g/mol. The number of amides is 2. The van der Waals surface area contributed by atoms with Crippen LogP contribution in [0.5, 0.6) is 0 Å². The van der Waals surface area contributed by atoms with Gasteiger partial charge in [0.05, 0.1) is 11.2 Å². The Bertz CT molecular complexity index is 1190. The van der Waals surface area contributed by atoms with Crippen LogP contribution in [0.2, 0.25) is 0 Å². The fourth-order valence-electron chi connectivity index (χ4n) is 4.37. The molecule has 3 aromatic rings. The minimum absolute atomic E-state index is 0.0719. The number of carbonyl (C=O) groups is 1. The number of carbonyl (C=O) groups excluding carboxylic acids is 1. The molecule has 162 valence electrons. The van der Waals surface area contributed by atoms with Crippen LogP contribution in [-0.2, 0) is 0 Å². The Morgan fingerprint density at radius 2 is 1.48 bits per heavy atom. The number of hydrogen-bond acceptors (Lipinski definition) is 4. The second-order valence-corrected chi connectivity index (χ2v) is 8.28. The second kappa shape index (κ2) is 7.61. The van der Waals surface area contributed by atoms with Crippen molar-refractivity contribution in [1.82, 2.24) is 14.2 Å². The summed E-state index contributed by atoms with van der Waals surface area (Å²) in [5.74, 6) is -0.797. The molecule has 0 bridgehead atoms. The van der Waals surface area contributed by atoms with Crippen LogP contribution in [0.1, 0.15) is 40.3 Å². The first kappa shape index (κ1) is 20.7. The van der Waals surface area contributed by atoms with E-state index in [9.17, 15) is 14.4 Å². The Labute approximate surface area is 179 Å². The lowest BCUT2D eigenvalue weighted by molar-refractivity contribution is 0.0756. The number of anilines is 1. The zero-order chi connectivity index (χ0) is 22.3. The number of urea groups is 1. The number of nitrogens with zero attached hydrogens (tertiary/aromatic N) is 4. The molecule has 2 amide bonds. The fourth-order valence-corrected chi connectivity index (χ4v) is 4.37. The second-order valence-electron chi connectivity index (χ2n) is 8.28. The molecule has 0 unspecified atom stereocenters. The molecule has 1 saturated heterocycles. The van der Waals surface area contributed by atoms with Gasteiger partial charge in [0.15, 0.2) is 6.17 Å². The van der Waals surface area contributed by atoms with Crippen LogP contribution in [-0.4, -0.2) is 31.8 Å². The molecule has 0 spiro atoms. The molecule has 1 fully saturated rings. The summed E-state index contributed by atoms with van der Waals surface area (Å²) in [6.07, 6.45) is -0.101. The Morgan fingerprint density at radius 1 is 0.935 bits per heavy atom. The first-order valence-corrected chi connectivity index (χ1v) is 10.4. The third kappa shape index (κ3) is 3.19. The maximum absolute atomic E-state index is 13.6. The molecule has 8 nitrogen and oxygen atoms in total. The maximum Gasteiger partial charge on any atom is 0.447 e. The summed E-state index contributed by atoms with van der Waals surface area (Å²) in [6, 6.07) is 17.4. The molecule has 1 aliphatic rings. The third-order valence-corrected chi connectivity index (χ3v) is 5.95. The molecule has 1 aliphatic heterocycles. The molecule has 4 rings (SSSR count). The van der Waals surface area contributed by atoms with Gasteiger partial charge in [-0.2, -0.15) is 4.57 Å². The highest BCUT2D eigenvalue weighted by Gasteiger charge is 2.56. The van der Waals surface area contributed by atoms with E-state index < -0.39 is 23.2 Å². The van der Waals surface area contributed by atoms with Gasteiger partial charge in [0.2, 0.25) is 0 Å². The predicted molar refractivity (Wildman–Crippen MR) is 118 cm³/mol. The van der Waals surface area contributed by atoms with Gasteiger partial charge >= 0.3 is 17.5 Å². The summed E-state index contributed by atoms with van der Waals surface area (Å²) < 4.78 is 7.48. The van der Waals surface area contributed by atoms with E-state index in [4.69, 9.17) is 4.52 Å². The quantitative estimate of drug-likeness (QED) is 0.629. The van der Waals surface area contributed by atoms with Crippen LogP contribution in [0.4, 0.5) is 10.5 Å². The topological polar surface area (TPSA) is 80.7 Å². The van der Waals surface area contributed by atoms with E-state index in [1.165, 1.54) is 4.90 Å². The highest BCUT2D eigenvalue weighted by Crippen LogP contribution is 2.43. The van der Waals surface area contributed by atoms with Gasteiger partial charge in [0.25, 0.3) is 0 Å². The SMILES string of the molecule is CC[C@@H](C)N1C(=O)N(c2ccccc2)[C@@H](n2oc(=O)n(-c3ccccc3)c2=O)C1(C)C. The van der Waals surface area contributed by atoms with Gasteiger partial charge in [-0.1, -0.05) is 43.3 Å². The third-order valence-electron chi connectivity index (χ3n) is 5.95. The van der Waals surface area contributed by atoms with E-state index in [-0.39, 0.29) is 12.1 Å². The highest BCUT2D eigenvalue weighted by molar-refractivity contribution is 5.95. The number of hydrogen-bond donors (Lipinski definition) is 0. The molecule has 31 heavy (non-hydrogen) atoms. The number of benzene rings is 2. The summed E-state index contributed by atoms with van der Waals surface area (Å²) in [6.45, 7) is 7.75. The van der Waals surface area contributed by atoms with Crippen molar-refractivity contribution < 1.29 is 9.32 Å². The lowest BCUT2D eigenvalue weighted by Gasteiger charge is -2.37. The zero-order valence-corrected chi connectivity index (χ0v) is 18.1. The smallest absolute Gasteiger partial charge is 0.314 e. The lowest BCUT2D eigenvalue weighted by Crippen LogP contribution is -2.50. The van der Waals surface area contributed by atoms with E-state index >= 15 is 0 Å². The molecular formula is C23H26N4O4. The Hall–Kier alpha value is -3.55. The monoisotopic (exact) mass is 422 g/mol. The van der Waals surface area contributed by atoms with E-state index in [1.807, 2.05) is 45.9 Å². The van der Waals surface area contributed by atoms with Crippen molar-refractivity contribution in [3.8, 4) is 5.69 Å². The van der Waals surface area contributed by atoms with Crippen molar-refractivity contribution in [1.29, 1.82) is 0 Å². The fraction of sp³-hybridized carbons (Fsp3) is 0.348. The van der Waals surface area contributed by atoms with E-state index in [2.05, 4.69) is 0 Å². The van der Waals surface area contributed by atoms with Gasteiger partial charge in [-0.25, -0.2) is 14.4 Å². The van der Waals surface area contributed by atoms with Crippen LogP contribution in [0.25, 0.3) is 5.69 Å². The summed E-state index contributed by atoms with van der Waals surface area (Å²) in [7, 11) is 0. The summed E-state index contributed by atoms with van der Waals surface area (Å²) in [5.41, 5.74) is -0.426. The molecule has 8 heteroatoms. The van der Waals surface area contributed by atoms with Crippen LogP contribution in [0.15, 0.2) is 74.8 Å². The van der Waals surface area contributed by atoms with Gasteiger partial charge < -0.3 is 9.42 Å². The van der Waals surface area contributed by atoms with Gasteiger partial charge in [-0.05, 0) is 51.5 Å². The van der Waals surface area contributed by atoms with Crippen LogP contribution in [0.3, 0.4) is 0 Å². The van der Waals surface area contributed by atoms with E-state index in [0.29, 0.717) is 11.4 Å². The van der Waals surface area contributed by atoms with Crippen molar-refractivity contribution in [2.24, 2.45) is 0 Å². The van der Waals surface area contributed by atoms with Crippen LogP contribution >= 0.6 is 0 Å². The molecule has 2 aromatic carbocycles. The average Bonchev–Trinajstić information content (AvgIpc) is 3.16. The highest BCUT2D eigenvalue weighted by atomic mass is 16.5. The first-order chi connectivity index (χ1) is 14.8. The van der Waals surface area contributed by atoms with Crippen molar-refractivity contribution in [3.05, 3.63) is 81.7 Å². The van der Waals surface area contributed by atoms with Gasteiger partial charge in [0.1, 0.15) is 0 Å². The molecule has 2 atom stereocenters. The van der Waals surface area contributed by atoms with Crippen molar-refractivity contribution >= 4 is 11.7 Å². The van der Waals surface area contributed by atoms with Gasteiger partial charge in [0, 0.05) is 11.7 Å². The number of para-hydroxylation sites is 2. The van der Waals surface area contributed by atoms with E-state index in [1.54, 1.807) is 47.4 Å². The van der Waals surface area contributed by atoms with Crippen molar-refractivity contribution in [2.75, 3.05) is 4.90 Å². The molecule has 0 N–H and O–H groups in total. The number of aromatic nitrogens is 2. The summed E-state index contributed by atoms with van der Waals surface area (Å²) in [4.78, 5) is 42.9. The Morgan fingerprint density at radius 3 is 2.03 bits per heavy atom. The minimum Gasteiger partial charge on any atom is -0.314 e. The maximum atomic E-state index is 13.6. The predicted octanol–water partition coefficient (Wildman–Crippen LogP) is 3.61. The molecule has 1 aromatic heterocycles. The molecule has 0 radical (unpaired) electrons. The van der Waals surface area contributed by atoms with Gasteiger partial charge in [-0.15, -0.1) is 4.74 Å². The lowest BCUT2D eigenvalue weighted by atomic mass is 9.98. The van der Waals surface area contributed by atoms with Gasteiger partial charge in [-0.3, -0.25) is 4.90 Å². The molecular weight excluding hydrogens is 396 g/mol. The summed E-state index contributed by atoms with van der Waals surface area (Å²) in [5, 5.41) is 0. The van der Waals surface area contributed by atoms with E-state index in [0.717, 1.165) is 15.7 Å². The normalized spacial score (nSPS) is 19.1. The standard InChI is InChI=1S/C23H26N4O4/c1-5-16(2)26-20(28)24(17-12-8-6-9-13-17)19(23(26,3)4)27-21(29)25(22(30)31-27)18-14-10-7-11-15-18/h6-16,19H,5H2,1-4H3/t16-,19+/m1/s1. The minimum atomic E-state index is -0.846. The van der Waals surface area contributed by atoms with Crippen LogP contribution < -0.4 is 16.3 Å². The molecule has 2 heterocycles. The number of rotatable bonds is 5. The largest absolute Gasteiger partial charge is 0.447 e. The first-order valence-electron chi connectivity index (χ1n) is 10.4. The Kier molecular flexibility index (Phi) is 5.08. The van der Waals surface area contributed by atoms with Crippen molar-refractivity contribution in [3.63, 3.8) is 0 Å². The molecule has 0 aliphatic carbocycles.